The van der Waals surface area contributed by atoms with E-state index in [4.69, 9.17) is 12.2 Å². The van der Waals surface area contributed by atoms with Crippen LogP contribution in [0.2, 0.25) is 0 Å². The molecule has 2 aromatic rings. The second kappa shape index (κ2) is 8.29. The number of nitrogens with one attached hydrogen (secondary N) is 3. The Morgan fingerprint density at radius 3 is 2.52 bits per heavy atom. The lowest BCUT2D eigenvalue weighted by atomic mass is 10.1. The molecule has 0 heterocycles. The fourth-order valence-corrected chi connectivity index (χ4v) is 2.28. The number of rotatable bonds is 4. The van der Waals surface area contributed by atoms with Gasteiger partial charge >= 0.3 is 0 Å². The Morgan fingerprint density at radius 2 is 1.78 bits per heavy atom. The zero-order valence-corrected chi connectivity index (χ0v) is 14.2. The van der Waals surface area contributed by atoms with Gasteiger partial charge in [0.2, 0.25) is 5.91 Å². The number of aryl methyl sites for hydroxylation is 3. The Balaban J connectivity index is 1.75. The number of carbonyl (C=O) groups excluding carboxylic acids is 1. The summed E-state index contributed by atoms with van der Waals surface area (Å²) >= 11 is 5.20. The van der Waals surface area contributed by atoms with Crippen molar-refractivity contribution in [1.82, 2.24) is 10.9 Å². The smallest absolute Gasteiger partial charge is 0.238 e. The third kappa shape index (κ3) is 5.71. The highest BCUT2D eigenvalue weighted by Crippen LogP contribution is 2.15. The normalized spacial score (nSPS) is 10.0. The van der Waals surface area contributed by atoms with Gasteiger partial charge in [-0.1, -0.05) is 42.5 Å². The molecule has 5 heteroatoms. The van der Waals surface area contributed by atoms with Crippen LogP contribution >= 0.6 is 12.2 Å². The van der Waals surface area contributed by atoms with E-state index in [1.54, 1.807) is 0 Å². The molecule has 0 unspecified atom stereocenters. The van der Waals surface area contributed by atoms with Crippen molar-refractivity contribution in [3.05, 3.63) is 65.2 Å². The van der Waals surface area contributed by atoms with Gasteiger partial charge in [0.15, 0.2) is 5.11 Å². The van der Waals surface area contributed by atoms with Gasteiger partial charge in [0.25, 0.3) is 0 Å². The topological polar surface area (TPSA) is 53.2 Å². The zero-order valence-electron chi connectivity index (χ0n) is 13.3. The van der Waals surface area contributed by atoms with E-state index in [0.717, 1.165) is 22.4 Å². The molecule has 0 aliphatic rings. The molecule has 0 aliphatic heterocycles. The number of hydrogen-bond acceptors (Lipinski definition) is 2. The zero-order chi connectivity index (χ0) is 16.7. The molecule has 0 atom stereocenters. The van der Waals surface area contributed by atoms with Gasteiger partial charge in [-0.25, -0.2) is 0 Å². The van der Waals surface area contributed by atoms with E-state index in [1.165, 1.54) is 0 Å². The molecule has 0 radical (unpaired) electrons. The van der Waals surface area contributed by atoms with Crippen LogP contribution in [-0.4, -0.2) is 11.0 Å². The molecule has 0 saturated carbocycles. The summed E-state index contributed by atoms with van der Waals surface area (Å²) in [6, 6.07) is 16.0. The van der Waals surface area contributed by atoms with Crippen molar-refractivity contribution in [3.8, 4) is 0 Å². The molecule has 3 N–H and O–H groups in total. The third-order valence-corrected chi connectivity index (χ3v) is 3.64. The second-order valence-electron chi connectivity index (χ2n) is 5.43. The van der Waals surface area contributed by atoms with E-state index in [0.29, 0.717) is 18.0 Å². The quantitative estimate of drug-likeness (QED) is 0.596. The Bertz CT molecular complexity index is 686. The minimum absolute atomic E-state index is 0.0982. The van der Waals surface area contributed by atoms with E-state index in [-0.39, 0.29) is 5.91 Å². The molecule has 23 heavy (non-hydrogen) atoms. The molecule has 0 spiro atoms. The van der Waals surface area contributed by atoms with Crippen molar-refractivity contribution >= 4 is 28.9 Å². The SMILES string of the molecule is Cc1ccc(C)c(NC(=S)NNC(=O)CCc2ccccc2)c1. The van der Waals surface area contributed by atoms with Gasteiger partial charge in [-0.15, -0.1) is 0 Å². The Morgan fingerprint density at radius 1 is 1.04 bits per heavy atom. The first-order valence-corrected chi connectivity index (χ1v) is 7.92. The summed E-state index contributed by atoms with van der Waals surface area (Å²) in [7, 11) is 0. The predicted octanol–water partition coefficient (Wildman–Crippen LogP) is 3.25. The molecule has 120 valence electrons. The van der Waals surface area contributed by atoms with E-state index in [9.17, 15) is 4.79 Å². The van der Waals surface area contributed by atoms with Crippen molar-refractivity contribution in [3.63, 3.8) is 0 Å². The minimum Gasteiger partial charge on any atom is -0.331 e. The largest absolute Gasteiger partial charge is 0.331 e. The number of benzene rings is 2. The lowest BCUT2D eigenvalue weighted by Gasteiger charge is -2.13. The lowest BCUT2D eigenvalue weighted by molar-refractivity contribution is -0.121. The maximum absolute atomic E-state index is 11.8. The predicted molar refractivity (Wildman–Crippen MR) is 98.2 cm³/mol. The number of thiocarbonyl (C=S) groups is 1. The molecule has 2 rings (SSSR count). The van der Waals surface area contributed by atoms with Crippen LogP contribution in [0.1, 0.15) is 23.1 Å². The van der Waals surface area contributed by atoms with Crippen LogP contribution in [0.25, 0.3) is 0 Å². The molecule has 0 saturated heterocycles. The van der Waals surface area contributed by atoms with Crippen LogP contribution in [0.4, 0.5) is 5.69 Å². The van der Waals surface area contributed by atoms with Gasteiger partial charge in [-0.05, 0) is 55.2 Å². The van der Waals surface area contributed by atoms with Crippen molar-refractivity contribution in [1.29, 1.82) is 0 Å². The van der Waals surface area contributed by atoms with Gasteiger partial charge in [0.05, 0.1) is 0 Å². The summed E-state index contributed by atoms with van der Waals surface area (Å²) in [5.41, 5.74) is 9.66. The molecule has 1 amide bonds. The standard InChI is InChI=1S/C18H21N3OS/c1-13-8-9-14(2)16(12-13)19-18(23)21-20-17(22)11-10-15-6-4-3-5-7-15/h3-9,12H,10-11H2,1-2H3,(H,20,22)(H2,19,21,23). The van der Waals surface area contributed by atoms with Crippen LogP contribution in [0.5, 0.6) is 0 Å². The fourth-order valence-electron chi connectivity index (χ4n) is 2.12. The van der Waals surface area contributed by atoms with Crippen molar-refractivity contribution in [2.75, 3.05) is 5.32 Å². The molecule has 0 bridgehead atoms. The lowest BCUT2D eigenvalue weighted by Crippen LogP contribution is -2.43. The second-order valence-corrected chi connectivity index (χ2v) is 5.84. The van der Waals surface area contributed by atoms with Gasteiger partial charge in [-0.2, -0.15) is 0 Å². The first kappa shape index (κ1) is 17.0. The van der Waals surface area contributed by atoms with Crippen LogP contribution in [-0.2, 0) is 11.2 Å². The molecule has 4 nitrogen and oxygen atoms in total. The maximum atomic E-state index is 11.8. The Labute approximate surface area is 142 Å². The Hall–Kier alpha value is -2.40. The van der Waals surface area contributed by atoms with Crippen molar-refractivity contribution in [2.45, 2.75) is 26.7 Å². The minimum atomic E-state index is -0.0982. The third-order valence-electron chi connectivity index (χ3n) is 3.44. The van der Waals surface area contributed by atoms with E-state index >= 15 is 0 Å². The summed E-state index contributed by atoms with van der Waals surface area (Å²) in [6.07, 6.45) is 1.11. The number of amides is 1. The van der Waals surface area contributed by atoms with Crippen molar-refractivity contribution < 1.29 is 4.79 Å². The van der Waals surface area contributed by atoms with Gasteiger partial charge < -0.3 is 5.32 Å². The first-order chi connectivity index (χ1) is 11.0. The summed E-state index contributed by atoms with van der Waals surface area (Å²) in [5.74, 6) is -0.0982. The Kier molecular flexibility index (Phi) is 6.11. The highest BCUT2D eigenvalue weighted by molar-refractivity contribution is 7.80. The highest BCUT2D eigenvalue weighted by atomic mass is 32.1. The van der Waals surface area contributed by atoms with E-state index in [1.807, 2.05) is 62.4 Å². The molecule has 0 aromatic heterocycles. The van der Waals surface area contributed by atoms with Crippen LogP contribution < -0.4 is 16.2 Å². The molecular formula is C18H21N3OS. The molecule has 2 aromatic carbocycles. The average molecular weight is 327 g/mol. The highest BCUT2D eigenvalue weighted by Gasteiger charge is 2.04. The number of carbonyl (C=O) groups is 1. The summed E-state index contributed by atoms with van der Waals surface area (Å²) in [4.78, 5) is 11.8. The van der Waals surface area contributed by atoms with Gasteiger partial charge in [0.1, 0.15) is 0 Å². The monoisotopic (exact) mass is 327 g/mol. The van der Waals surface area contributed by atoms with Gasteiger partial charge in [-0.3, -0.25) is 15.6 Å². The molecular weight excluding hydrogens is 306 g/mol. The number of hydrogen-bond donors (Lipinski definition) is 3. The summed E-state index contributed by atoms with van der Waals surface area (Å²) < 4.78 is 0. The maximum Gasteiger partial charge on any atom is 0.238 e. The summed E-state index contributed by atoms with van der Waals surface area (Å²) in [5, 5.41) is 3.45. The van der Waals surface area contributed by atoms with E-state index < -0.39 is 0 Å². The number of anilines is 1. The molecule has 0 aliphatic carbocycles. The number of hydrazine groups is 1. The summed E-state index contributed by atoms with van der Waals surface area (Å²) in [6.45, 7) is 4.02. The fraction of sp³-hybridized carbons (Fsp3) is 0.222. The molecule has 0 fully saturated rings. The van der Waals surface area contributed by atoms with E-state index in [2.05, 4.69) is 16.2 Å². The van der Waals surface area contributed by atoms with Crippen LogP contribution in [0.15, 0.2) is 48.5 Å². The van der Waals surface area contributed by atoms with Crippen LogP contribution in [0.3, 0.4) is 0 Å². The van der Waals surface area contributed by atoms with Crippen LogP contribution in [0, 0.1) is 13.8 Å². The van der Waals surface area contributed by atoms with Gasteiger partial charge in [0, 0.05) is 12.1 Å². The average Bonchev–Trinajstić information content (AvgIpc) is 2.55. The first-order valence-electron chi connectivity index (χ1n) is 7.51. The van der Waals surface area contributed by atoms with Crippen molar-refractivity contribution in [2.24, 2.45) is 0 Å².